The van der Waals surface area contributed by atoms with Crippen LogP contribution in [-0.2, 0) is 0 Å². The Bertz CT molecular complexity index is 246. The van der Waals surface area contributed by atoms with E-state index in [1.807, 2.05) is 0 Å². The van der Waals surface area contributed by atoms with Crippen molar-refractivity contribution in [3.8, 4) is 0 Å². The first-order valence-electron chi connectivity index (χ1n) is 4.05. The lowest BCUT2D eigenvalue weighted by molar-refractivity contribution is -0.271. The largest absolute Gasteiger partial charge is 0.395 e. The quantitative estimate of drug-likeness (QED) is 0.662. The molecule has 0 aromatic heterocycles. The van der Waals surface area contributed by atoms with Crippen LogP contribution >= 0.6 is 0 Å². The second kappa shape index (κ2) is 4.52. The molecule has 0 N–H and O–H groups in total. The molecule has 0 amide bonds. The lowest BCUT2D eigenvalue weighted by Crippen LogP contribution is -2.44. The first kappa shape index (κ1) is 16.3. The highest BCUT2D eigenvalue weighted by molar-refractivity contribution is 4.87. The Morgan fingerprint density at radius 1 is 0.471 bits per heavy atom. The minimum absolute atomic E-state index is 2.28. The SMILES string of the molecule is FC(F)(F)CCC(F)(F)C(F)(F)CC(F)(F)F. The molecule has 0 atom stereocenters. The van der Waals surface area contributed by atoms with Gasteiger partial charge in [-0.2, -0.15) is 43.9 Å². The van der Waals surface area contributed by atoms with Crippen LogP contribution in [0.25, 0.3) is 0 Å². The van der Waals surface area contributed by atoms with Gasteiger partial charge in [0.1, 0.15) is 6.42 Å². The van der Waals surface area contributed by atoms with Gasteiger partial charge in [-0.1, -0.05) is 0 Å². The maximum atomic E-state index is 12.5. The molecule has 0 radical (unpaired) electrons. The number of hydrogen-bond acceptors (Lipinski definition) is 0. The fraction of sp³-hybridized carbons (Fsp3) is 1.00. The lowest BCUT2D eigenvalue weighted by Gasteiger charge is -2.27. The summed E-state index contributed by atoms with van der Waals surface area (Å²) < 4.78 is 119. The fourth-order valence-electron chi connectivity index (χ4n) is 0.863. The van der Waals surface area contributed by atoms with Crippen LogP contribution in [-0.4, -0.2) is 24.2 Å². The Morgan fingerprint density at radius 3 is 1.18 bits per heavy atom. The third-order valence-electron chi connectivity index (χ3n) is 1.68. The van der Waals surface area contributed by atoms with Crippen LogP contribution in [0.5, 0.6) is 0 Å². The summed E-state index contributed by atoms with van der Waals surface area (Å²) in [5, 5.41) is 0. The van der Waals surface area contributed by atoms with Crippen LogP contribution in [0.2, 0.25) is 0 Å². The zero-order valence-electron chi connectivity index (χ0n) is 7.90. The first-order chi connectivity index (χ1) is 7.16. The third kappa shape index (κ3) is 5.97. The maximum Gasteiger partial charge on any atom is 0.395 e. The summed E-state index contributed by atoms with van der Waals surface area (Å²) in [5.41, 5.74) is 0. The zero-order chi connectivity index (χ0) is 14.1. The van der Waals surface area contributed by atoms with Crippen molar-refractivity contribution in [2.24, 2.45) is 0 Å². The molecule has 0 heterocycles. The van der Waals surface area contributed by atoms with E-state index >= 15 is 0 Å². The topological polar surface area (TPSA) is 0 Å². The lowest BCUT2D eigenvalue weighted by atomic mass is 10.0. The molecular formula is C7H6F10. The molecule has 104 valence electrons. The van der Waals surface area contributed by atoms with Gasteiger partial charge in [0, 0.05) is 12.8 Å². The predicted octanol–water partition coefficient (Wildman–Crippen LogP) is 4.55. The van der Waals surface area contributed by atoms with E-state index in [1.165, 1.54) is 0 Å². The van der Waals surface area contributed by atoms with Gasteiger partial charge in [-0.15, -0.1) is 0 Å². The average molecular weight is 280 g/mol. The summed E-state index contributed by atoms with van der Waals surface area (Å²) in [7, 11) is 0. The molecule has 0 spiro atoms. The van der Waals surface area contributed by atoms with Gasteiger partial charge in [0.2, 0.25) is 0 Å². The van der Waals surface area contributed by atoms with Gasteiger partial charge in [0.05, 0.1) is 0 Å². The van der Waals surface area contributed by atoms with E-state index in [-0.39, 0.29) is 0 Å². The van der Waals surface area contributed by atoms with Gasteiger partial charge in [-0.05, 0) is 0 Å². The molecule has 0 unspecified atom stereocenters. The summed E-state index contributed by atoms with van der Waals surface area (Å²) >= 11 is 0. The van der Waals surface area contributed by atoms with E-state index in [9.17, 15) is 43.9 Å². The standard InChI is InChI=1S/C7H6F10/c8-4(9,1-2-6(12,13)14)5(10,11)3-7(15,16)17/h1-3H2. The molecule has 0 aromatic rings. The molecule has 0 fully saturated rings. The van der Waals surface area contributed by atoms with Crippen molar-refractivity contribution < 1.29 is 43.9 Å². The van der Waals surface area contributed by atoms with Crippen molar-refractivity contribution in [1.82, 2.24) is 0 Å². The fourth-order valence-corrected chi connectivity index (χ4v) is 0.863. The second-order valence-corrected chi connectivity index (χ2v) is 3.32. The van der Waals surface area contributed by atoms with E-state index in [1.54, 1.807) is 0 Å². The van der Waals surface area contributed by atoms with Crippen molar-refractivity contribution in [3.05, 3.63) is 0 Å². The van der Waals surface area contributed by atoms with E-state index < -0.39 is 43.5 Å². The van der Waals surface area contributed by atoms with Gasteiger partial charge in [0.25, 0.3) is 0 Å². The molecule has 0 bridgehead atoms. The molecule has 0 aromatic carbocycles. The van der Waals surface area contributed by atoms with E-state index in [4.69, 9.17) is 0 Å². The highest BCUT2D eigenvalue weighted by Gasteiger charge is 2.61. The summed E-state index contributed by atoms with van der Waals surface area (Å²) in [4.78, 5) is 0. The van der Waals surface area contributed by atoms with Crippen LogP contribution in [0.15, 0.2) is 0 Å². The maximum absolute atomic E-state index is 12.5. The van der Waals surface area contributed by atoms with Crippen molar-refractivity contribution in [1.29, 1.82) is 0 Å². The smallest absolute Gasteiger partial charge is 0.200 e. The third-order valence-corrected chi connectivity index (χ3v) is 1.68. The second-order valence-electron chi connectivity index (χ2n) is 3.32. The molecule has 0 aliphatic carbocycles. The number of hydrogen-bond donors (Lipinski definition) is 0. The monoisotopic (exact) mass is 280 g/mol. The Labute approximate surface area is 88.6 Å². The van der Waals surface area contributed by atoms with Crippen molar-refractivity contribution in [2.45, 2.75) is 43.5 Å². The van der Waals surface area contributed by atoms with Crippen LogP contribution in [0.3, 0.4) is 0 Å². The van der Waals surface area contributed by atoms with E-state index in [0.717, 1.165) is 0 Å². The highest BCUT2D eigenvalue weighted by Crippen LogP contribution is 2.45. The zero-order valence-corrected chi connectivity index (χ0v) is 7.90. The number of rotatable bonds is 4. The van der Waals surface area contributed by atoms with Gasteiger partial charge >= 0.3 is 24.2 Å². The Balaban J connectivity index is 4.67. The van der Waals surface area contributed by atoms with Gasteiger partial charge < -0.3 is 0 Å². The molecule has 0 saturated heterocycles. The minimum atomic E-state index is -5.59. The Morgan fingerprint density at radius 2 is 0.882 bits per heavy atom. The first-order valence-corrected chi connectivity index (χ1v) is 4.05. The van der Waals surface area contributed by atoms with Crippen molar-refractivity contribution >= 4 is 0 Å². The Hall–Kier alpha value is -0.700. The molecule has 0 aliphatic rings. The predicted molar refractivity (Wildman–Crippen MR) is 35.9 cm³/mol. The van der Waals surface area contributed by atoms with E-state index in [0.29, 0.717) is 0 Å². The molecule has 0 nitrogen and oxygen atoms in total. The number of halogens is 10. The van der Waals surface area contributed by atoms with Crippen LogP contribution in [0.1, 0.15) is 19.3 Å². The molecular weight excluding hydrogens is 274 g/mol. The van der Waals surface area contributed by atoms with Crippen LogP contribution in [0, 0.1) is 0 Å². The molecule has 0 saturated carbocycles. The molecule has 0 aliphatic heterocycles. The summed E-state index contributed by atoms with van der Waals surface area (Å²) in [6, 6.07) is 0. The van der Waals surface area contributed by atoms with Gasteiger partial charge in [0.15, 0.2) is 0 Å². The average Bonchev–Trinajstić information content (AvgIpc) is 1.94. The Kier molecular flexibility index (Phi) is 4.34. The summed E-state index contributed by atoms with van der Waals surface area (Å²) in [6.45, 7) is 0. The minimum Gasteiger partial charge on any atom is -0.200 e. The van der Waals surface area contributed by atoms with Crippen LogP contribution in [0.4, 0.5) is 43.9 Å². The van der Waals surface area contributed by atoms with Crippen LogP contribution < -0.4 is 0 Å². The van der Waals surface area contributed by atoms with Gasteiger partial charge in [-0.25, -0.2) is 0 Å². The molecule has 10 heteroatoms. The molecule has 17 heavy (non-hydrogen) atoms. The summed E-state index contributed by atoms with van der Waals surface area (Å²) in [6.07, 6.45) is -18.6. The number of alkyl halides is 10. The van der Waals surface area contributed by atoms with Crippen molar-refractivity contribution in [2.75, 3.05) is 0 Å². The van der Waals surface area contributed by atoms with Crippen molar-refractivity contribution in [3.63, 3.8) is 0 Å². The summed E-state index contributed by atoms with van der Waals surface area (Å²) in [5.74, 6) is -10.9. The normalized spacial score (nSPS) is 15.2. The van der Waals surface area contributed by atoms with Gasteiger partial charge in [-0.3, -0.25) is 0 Å². The van der Waals surface area contributed by atoms with E-state index in [2.05, 4.69) is 0 Å². The highest BCUT2D eigenvalue weighted by atomic mass is 19.4. The molecule has 0 rings (SSSR count).